The largest absolute Gasteiger partial charge is 0.574 e. The van der Waals surface area contributed by atoms with Crippen LogP contribution in [0.5, 0.6) is 5.88 Å². The van der Waals surface area contributed by atoms with Gasteiger partial charge in [-0.1, -0.05) is 6.92 Å². The van der Waals surface area contributed by atoms with Gasteiger partial charge in [0.05, 0.1) is 11.9 Å². The Morgan fingerprint density at radius 3 is 2.75 bits per heavy atom. The Morgan fingerprint density at radius 1 is 1.38 bits per heavy atom. The molecule has 2 aromatic heterocycles. The molecular weight excluding hydrogens is 223 g/mol. The smallest absolute Gasteiger partial charge is 0.386 e. The Hall–Kier alpha value is -1.79. The van der Waals surface area contributed by atoms with Crippen molar-refractivity contribution >= 4 is 5.65 Å². The summed E-state index contributed by atoms with van der Waals surface area (Å²) in [6.45, 7) is 1.90. The Kier molecular flexibility index (Phi) is 2.45. The molecule has 0 radical (unpaired) electrons. The third kappa shape index (κ3) is 2.23. The van der Waals surface area contributed by atoms with Crippen LogP contribution in [0.1, 0.15) is 12.6 Å². The second-order valence-corrected chi connectivity index (χ2v) is 3.11. The van der Waals surface area contributed by atoms with Crippen LogP contribution >= 0.6 is 0 Å². The zero-order valence-corrected chi connectivity index (χ0v) is 8.32. The summed E-state index contributed by atoms with van der Waals surface area (Å²) in [7, 11) is 0. The van der Waals surface area contributed by atoms with E-state index < -0.39 is 12.2 Å². The lowest BCUT2D eigenvalue weighted by molar-refractivity contribution is -0.276. The lowest BCUT2D eigenvalue weighted by Crippen LogP contribution is -2.17. The maximum Gasteiger partial charge on any atom is 0.574 e. The predicted octanol–water partition coefficient (Wildman–Crippen LogP) is 2.19. The minimum absolute atomic E-state index is 0.316. The second kappa shape index (κ2) is 3.66. The zero-order chi connectivity index (χ0) is 11.8. The molecule has 7 heteroatoms. The first kappa shape index (κ1) is 10.7. The lowest BCUT2D eigenvalue weighted by atomic mass is 10.3. The number of alkyl halides is 3. The normalized spacial score (nSPS) is 12.0. The summed E-state index contributed by atoms with van der Waals surface area (Å²) in [5, 5.41) is 4.05. The molecular formula is C9H8F3N3O. The summed E-state index contributed by atoms with van der Waals surface area (Å²) in [4.78, 5) is 3.63. The molecule has 0 unspecified atom stereocenters. The fourth-order valence-corrected chi connectivity index (χ4v) is 1.26. The lowest BCUT2D eigenvalue weighted by Gasteiger charge is -2.03. The van der Waals surface area contributed by atoms with E-state index in [2.05, 4.69) is 14.8 Å². The molecule has 0 saturated carbocycles. The van der Waals surface area contributed by atoms with Crippen molar-refractivity contribution in [2.75, 3.05) is 0 Å². The van der Waals surface area contributed by atoms with Crippen LogP contribution in [-0.2, 0) is 6.42 Å². The topological polar surface area (TPSA) is 39.4 Å². The quantitative estimate of drug-likeness (QED) is 0.795. The average Bonchev–Trinajstić information content (AvgIpc) is 2.55. The zero-order valence-electron chi connectivity index (χ0n) is 8.32. The van der Waals surface area contributed by atoms with Crippen LogP contribution in [-0.4, -0.2) is 21.0 Å². The number of rotatable bonds is 2. The molecule has 2 rings (SSSR count). The van der Waals surface area contributed by atoms with E-state index in [9.17, 15) is 13.2 Å². The molecule has 0 atom stereocenters. The van der Waals surface area contributed by atoms with Crippen molar-refractivity contribution in [2.45, 2.75) is 19.7 Å². The van der Waals surface area contributed by atoms with Gasteiger partial charge in [0, 0.05) is 0 Å². The number of ether oxygens (including phenoxy) is 1. The van der Waals surface area contributed by atoms with Crippen molar-refractivity contribution in [1.82, 2.24) is 14.6 Å². The van der Waals surface area contributed by atoms with Gasteiger partial charge in [-0.3, -0.25) is 0 Å². The van der Waals surface area contributed by atoms with Crippen LogP contribution in [0.4, 0.5) is 13.2 Å². The van der Waals surface area contributed by atoms with E-state index in [1.165, 1.54) is 4.52 Å². The van der Waals surface area contributed by atoms with Gasteiger partial charge in [-0.25, -0.2) is 4.52 Å². The first-order valence-electron chi connectivity index (χ1n) is 4.59. The molecule has 0 spiro atoms. The summed E-state index contributed by atoms with van der Waals surface area (Å²) in [5.74, 6) is -0.506. The van der Waals surface area contributed by atoms with Crippen molar-refractivity contribution in [3.8, 4) is 5.88 Å². The number of nitrogens with zero attached hydrogens (tertiary/aromatic N) is 3. The van der Waals surface area contributed by atoms with Crippen LogP contribution in [0.25, 0.3) is 5.65 Å². The van der Waals surface area contributed by atoms with E-state index in [0.29, 0.717) is 12.1 Å². The molecule has 0 bridgehead atoms. The summed E-state index contributed by atoms with van der Waals surface area (Å²) >= 11 is 0. The van der Waals surface area contributed by atoms with E-state index in [1.807, 2.05) is 6.92 Å². The van der Waals surface area contributed by atoms with E-state index in [1.54, 1.807) is 12.1 Å². The third-order valence-electron chi connectivity index (χ3n) is 1.94. The molecule has 2 heterocycles. The fourth-order valence-electron chi connectivity index (χ4n) is 1.26. The van der Waals surface area contributed by atoms with E-state index in [4.69, 9.17) is 0 Å². The summed E-state index contributed by atoms with van der Waals surface area (Å²) in [6.07, 6.45) is -2.93. The molecule has 16 heavy (non-hydrogen) atoms. The highest BCUT2D eigenvalue weighted by atomic mass is 19.4. The Labute approximate surface area is 88.7 Å². The Morgan fingerprint density at radius 2 is 2.12 bits per heavy atom. The molecule has 0 aliphatic heterocycles. The highest BCUT2D eigenvalue weighted by molar-refractivity contribution is 5.40. The molecule has 0 saturated heterocycles. The standard InChI is InChI=1S/C9H8F3N3O/c1-2-6-3-4-7-13-8(5-15(7)14-6)16-9(10,11)12/h3-5H,2H2,1H3. The Balaban J connectivity index is 2.36. The van der Waals surface area contributed by atoms with Crippen molar-refractivity contribution in [3.05, 3.63) is 24.0 Å². The maximum atomic E-state index is 11.9. The van der Waals surface area contributed by atoms with Gasteiger partial charge in [-0.15, -0.1) is 13.2 Å². The van der Waals surface area contributed by atoms with Crippen molar-refractivity contribution in [1.29, 1.82) is 0 Å². The number of aryl methyl sites for hydroxylation is 1. The number of hydrogen-bond acceptors (Lipinski definition) is 3. The van der Waals surface area contributed by atoms with Crippen molar-refractivity contribution < 1.29 is 17.9 Å². The van der Waals surface area contributed by atoms with Crippen LogP contribution in [0.15, 0.2) is 18.3 Å². The minimum Gasteiger partial charge on any atom is -0.386 e. The van der Waals surface area contributed by atoms with E-state index in [0.717, 1.165) is 11.9 Å². The average molecular weight is 231 g/mol. The van der Waals surface area contributed by atoms with Gasteiger partial charge in [0.25, 0.3) is 0 Å². The van der Waals surface area contributed by atoms with Gasteiger partial charge in [-0.05, 0) is 18.6 Å². The highest BCUT2D eigenvalue weighted by Gasteiger charge is 2.32. The van der Waals surface area contributed by atoms with Gasteiger partial charge in [-0.2, -0.15) is 10.1 Å². The van der Waals surface area contributed by atoms with Gasteiger partial charge in [0.2, 0.25) is 5.88 Å². The van der Waals surface area contributed by atoms with Gasteiger partial charge < -0.3 is 4.74 Å². The van der Waals surface area contributed by atoms with Crippen LogP contribution in [0.3, 0.4) is 0 Å². The number of imidazole rings is 1. The summed E-state index contributed by atoms with van der Waals surface area (Å²) in [5.41, 5.74) is 1.08. The van der Waals surface area contributed by atoms with E-state index >= 15 is 0 Å². The van der Waals surface area contributed by atoms with Gasteiger partial charge in [0.15, 0.2) is 5.65 Å². The van der Waals surface area contributed by atoms with Gasteiger partial charge in [0.1, 0.15) is 0 Å². The molecule has 0 aliphatic rings. The van der Waals surface area contributed by atoms with Crippen LogP contribution in [0, 0.1) is 0 Å². The SMILES string of the molecule is CCc1ccc2nc(OC(F)(F)F)cn2n1. The first-order valence-corrected chi connectivity index (χ1v) is 4.59. The monoisotopic (exact) mass is 231 g/mol. The van der Waals surface area contributed by atoms with Crippen molar-refractivity contribution in [2.24, 2.45) is 0 Å². The molecule has 86 valence electrons. The number of halogens is 3. The first-order chi connectivity index (χ1) is 7.48. The minimum atomic E-state index is -4.73. The molecule has 2 aromatic rings. The fraction of sp³-hybridized carbons (Fsp3) is 0.333. The molecule has 0 fully saturated rings. The predicted molar refractivity (Wildman–Crippen MR) is 49.0 cm³/mol. The molecule has 0 N–H and O–H groups in total. The molecule has 0 aliphatic carbocycles. The summed E-state index contributed by atoms with van der Waals surface area (Å²) in [6, 6.07) is 3.30. The summed E-state index contributed by atoms with van der Waals surface area (Å²) < 4.78 is 40.7. The molecule has 4 nitrogen and oxygen atoms in total. The molecule has 0 amide bonds. The van der Waals surface area contributed by atoms with Crippen LogP contribution < -0.4 is 4.74 Å². The highest BCUT2D eigenvalue weighted by Crippen LogP contribution is 2.21. The van der Waals surface area contributed by atoms with Gasteiger partial charge >= 0.3 is 6.36 Å². The molecule has 0 aromatic carbocycles. The number of aromatic nitrogens is 3. The third-order valence-corrected chi connectivity index (χ3v) is 1.94. The number of fused-ring (bicyclic) bond motifs is 1. The van der Waals surface area contributed by atoms with Crippen LogP contribution in [0.2, 0.25) is 0 Å². The Bertz CT molecular complexity index is 506. The maximum absolute atomic E-state index is 11.9. The number of hydrogen-bond donors (Lipinski definition) is 0. The van der Waals surface area contributed by atoms with E-state index in [-0.39, 0.29) is 0 Å². The van der Waals surface area contributed by atoms with Crippen molar-refractivity contribution in [3.63, 3.8) is 0 Å². The second-order valence-electron chi connectivity index (χ2n) is 3.11.